The maximum absolute atomic E-state index is 13.6. The van der Waals surface area contributed by atoms with Gasteiger partial charge in [0.1, 0.15) is 6.04 Å². The van der Waals surface area contributed by atoms with Crippen LogP contribution in [0.2, 0.25) is 0 Å². The molecule has 1 N–H and O–H groups in total. The predicted octanol–water partition coefficient (Wildman–Crippen LogP) is 3.38. The summed E-state index contributed by atoms with van der Waals surface area (Å²) in [7, 11) is 3.72. The van der Waals surface area contributed by atoms with Crippen LogP contribution in [0.15, 0.2) is 11.6 Å². The minimum atomic E-state index is -0.678. The third-order valence-electron chi connectivity index (χ3n) is 6.48. The van der Waals surface area contributed by atoms with E-state index in [4.69, 9.17) is 4.74 Å². The molecular formula is C25H45N3O4. The van der Waals surface area contributed by atoms with Gasteiger partial charge in [0, 0.05) is 18.7 Å². The van der Waals surface area contributed by atoms with Gasteiger partial charge in [0.15, 0.2) is 0 Å². The maximum atomic E-state index is 13.6. The minimum Gasteiger partial charge on any atom is -0.463 e. The molecule has 0 bridgehead atoms. The third-order valence-corrected chi connectivity index (χ3v) is 6.48. The predicted molar refractivity (Wildman–Crippen MR) is 128 cm³/mol. The highest BCUT2D eigenvalue weighted by molar-refractivity contribution is 5.91. The molecule has 7 nitrogen and oxygen atoms in total. The van der Waals surface area contributed by atoms with Crippen molar-refractivity contribution in [3.05, 3.63) is 11.6 Å². The molecule has 0 aromatic rings. The number of likely N-dealkylation sites (N-methyl/N-ethyl adjacent to an activating group) is 2. The van der Waals surface area contributed by atoms with Gasteiger partial charge >= 0.3 is 5.97 Å². The summed E-state index contributed by atoms with van der Waals surface area (Å²) >= 11 is 0. The van der Waals surface area contributed by atoms with Crippen LogP contribution in [0.1, 0.15) is 74.7 Å². The number of likely N-dealkylation sites (tertiary alicyclic amines) is 1. The topological polar surface area (TPSA) is 79.0 Å². The summed E-state index contributed by atoms with van der Waals surface area (Å²) in [6.45, 7) is 15.8. The molecule has 4 atom stereocenters. The standard InChI is InChI=1S/C25H45N3O4/c1-11-32-24(31)17(4)15-20(16(2)3)28(10)23(30)21(25(6,7)8)26-22(29)19-14-12-13-18(5)27(19)9/h15-16,18-21H,11-14H2,1-10H3,(H,26,29)/b17-15+/t18-,19+,20+,21+/m0/s1. The van der Waals surface area contributed by atoms with E-state index in [1.54, 1.807) is 31.9 Å². The Labute approximate surface area is 194 Å². The van der Waals surface area contributed by atoms with E-state index in [0.29, 0.717) is 18.2 Å². The first-order chi connectivity index (χ1) is 14.7. The Morgan fingerprint density at radius 2 is 1.81 bits per heavy atom. The molecule has 0 unspecified atom stereocenters. The van der Waals surface area contributed by atoms with Crippen LogP contribution in [0.4, 0.5) is 0 Å². The van der Waals surface area contributed by atoms with E-state index >= 15 is 0 Å². The molecule has 184 valence electrons. The Morgan fingerprint density at radius 1 is 1.22 bits per heavy atom. The van der Waals surface area contributed by atoms with Gasteiger partial charge in [-0.2, -0.15) is 0 Å². The lowest BCUT2D eigenvalue weighted by Gasteiger charge is -2.40. The number of carbonyl (C=O) groups is 3. The molecular weight excluding hydrogens is 406 g/mol. The number of amides is 2. The number of hydrogen-bond acceptors (Lipinski definition) is 5. The zero-order chi connectivity index (χ0) is 24.8. The lowest BCUT2D eigenvalue weighted by atomic mass is 9.84. The molecule has 0 aromatic heterocycles. The summed E-state index contributed by atoms with van der Waals surface area (Å²) in [4.78, 5) is 42.7. The van der Waals surface area contributed by atoms with E-state index in [1.165, 1.54) is 0 Å². The van der Waals surface area contributed by atoms with Gasteiger partial charge in [0.25, 0.3) is 0 Å². The number of piperidine rings is 1. The van der Waals surface area contributed by atoms with Gasteiger partial charge in [-0.3, -0.25) is 14.5 Å². The van der Waals surface area contributed by atoms with Crippen LogP contribution < -0.4 is 5.32 Å². The van der Waals surface area contributed by atoms with Gasteiger partial charge in [-0.15, -0.1) is 0 Å². The summed E-state index contributed by atoms with van der Waals surface area (Å²) in [5.74, 6) is -0.562. The molecule has 0 aliphatic carbocycles. The molecule has 32 heavy (non-hydrogen) atoms. The fourth-order valence-corrected chi connectivity index (χ4v) is 4.20. The van der Waals surface area contributed by atoms with Crippen molar-refractivity contribution in [1.29, 1.82) is 0 Å². The molecule has 0 radical (unpaired) electrons. The van der Waals surface area contributed by atoms with Crippen LogP contribution in [-0.2, 0) is 19.1 Å². The molecule has 2 amide bonds. The van der Waals surface area contributed by atoms with Gasteiger partial charge in [0.05, 0.1) is 18.7 Å². The molecule has 1 heterocycles. The molecule has 1 aliphatic rings. The molecule has 0 spiro atoms. The van der Waals surface area contributed by atoms with E-state index in [2.05, 4.69) is 17.1 Å². The Morgan fingerprint density at radius 3 is 2.31 bits per heavy atom. The summed E-state index contributed by atoms with van der Waals surface area (Å²) < 4.78 is 5.09. The van der Waals surface area contributed by atoms with Crippen LogP contribution in [0.25, 0.3) is 0 Å². The minimum absolute atomic E-state index is 0.0787. The van der Waals surface area contributed by atoms with Crippen molar-refractivity contribution in [2.75, 3.05) is 20.7 Å². The molecule has 0 saturated carbocycles. The summed E-state index contributed by atoms with van der Waals surface area (Å²) in [5.41, 5.74) is 0.000687. The largest absolute Gasteiger partial charge is 0.463 e. The average molecular weight is 452 g/mol. The van der Waals surface area contributed by atoms with Crippen molar-refractivity contribution in [2.45, 2.75) is 98.8 Å². The van der Waals surface area contributed by atoms with Crippen LogP contribution in [0, 0.1) is 11.3 Å². The highest BCUT2D eigenvalue weighted by atomic mass is 16.5. The highest BCUT2D eigenvalue weighted by Gasteiger charge is 2.39. The zero-order valence-corrected chi connectivity index (χ0v) is 21.8. The van der Waals surface area contributed by atoms with Crippen LogP contribution in [0.3, 0.4) is 0 Å². The lowest BCUT2D eigenvalue weighted by Crippen LogP contribution is -2.60. The third kappa shape index (κ3) is 7.32. The van der Waals surface area contributed by atoms with Crippen molar-refractivity contribution in [3.63, 3.8) is 0 Å². The molecule has 0 aromatic carbocycles. The number of carbonyl (C=O) groups excluding carboxylic acids is 3. The van der Waals surface area contributed by atoms with E-state index in [9.17, 15) is 14.4 Å². The normalized spacial score (nSPS) is 22.3. The molecule has 7 heteroatoms. The smallest absolute Gasteiger partial charge is 0.333 e. The monoisotopic (exact) mass is 451 g/mol. The van der Waals surface area contributed by atoms with Crippen LogP contribution in [-0.4, -0.2) is 72.5 Å². The van der Waals surface area contributed by atoms with Crippen molar-refractivity contribution >= 4 is 17.8 Å². The van der Waals surface area contributed by atoms with Crippen LogP contribution >= 0.6 is 0 Å². The first-order valence-corrected chi connectivity index (χ1v) is 11.9. The van der Waals surface area contributed by atoms with E-state index < -0.39 is 11.5 Å². The zero-order valence-electron chi connectivity index (χ0n) is 21.8. The molecule has 1 fully saturated rings. The summed E-state index contributed by atoms with van der Waals surface area (Å²) in [6, 6.07) is -0.866. The second kappa shape index (κ2) is 11.8. The van der Waals surface area contributed by atoms with Crippen molar-refractivity contribution in [3.8, 4) is 0 Å². The number of hydrogen-bond donors (Lipinski definition) is 1. The molecule has 1 saturated heterocycles. The quantitative estimate of drug-likeness (QED) is 0.452. The average Bonchev–Trinajstić information content (AvgIpc) is 2.69. The Hall–Kier alpha value is -1.89. The first-order valence-electron chi connectivity index (χ1n) is 11.9. The second-order valence-electron chi connectivity index (χ2n) is 10.5. The lowest BCUT2D eigenvalue weighted by molar-refractivity contribution is -0.142. The Kier molecular flexibility index (Phi) is 10.4. The number of esters is 1. The van der Waals surface area contributed by atoms with Crippen LogP contribution in [0.5, 0.6) is 0 Å². The van der Waals surface area contributed by atoms with Gasteiger partial charge < -0.3 is 15.0 Å². The number of rotatable bonds is 8. The maximum Gasteiger partial charge on any atom is 0.333 e. The fourth-order valence-electron chi connectivity index (χ4n) is 4.20. The van der Waals surface area contributed by atoms with E-state index in [1.807, 2.05) is 41.7 Å². The Balaban J connectivity index is 3.12. The number of ether oxygens (including phenoxy) is 1. The van der Waals surface area contributed by atoms with Crippen molar-refractivity contribution in [1.82, 2.24) is 15.1 Å². The Bertz CT molecular complexity index is 696. The first kappa shape index (κ1) is 28.1. The van der Waals surface area contributed by atoms with E-state index in [0.717, 1.165) is 19.3 Å². The second-order valence-corrected chi connectivity index (χ2v) is 10.5. The van der Waals surface area contributed by atoms with Crippen molar-refractivity contribution < 1.29 is 19.1 Å². The van der Waals surface area contributed by atoms with Gasteiger partial charge in [-0.25, -0.2) is 4.79 Å². The fraction of sp³-hybridized carbons (Fsp3) is 0.800. The molecule has 1 rings (SSSR count). The van der Waals surface area contributed by atoms with Crippen molar-refractivity contribution in [2.24, 2.45) is 11.3 Å². The van der Waals surface area contributed by atoms with Gasteiger partial charge in [0.2, 0.25) is 11.8 Å². The number of nitrogens with zero attached hydrogens (tertiary/aromatic N) is 2. The van der Waals surface area contributed by atoms with Gasteiger partial charge in [-0.1, -0.05) is 40.7 Å². The number of nitrogens with one attached hydrogen (secondary N) is 1. The summed E-state index contributed by atoms with van der Waals surface area (Å²) in [6.07, 6.45) is 4.67. The summed E-state index contributed by atoms with van der Waals surface area (Å²) in [5, 5.41) is 3.06. The van der Waals surface area contributed by atoms with Gasteiger partial charge in [-0.05, 0) is 58.4 Å². The highest BCUT2D eigenvalue weighted by Crippen LogP contribution is 2.26. The molecule has 1 aliphatic heterocycles. The SMILES string of the molecule is CCOC(=O)/C(C)=C/[C@H](C(C)C)N(C)C(=O)[C@@H](NC(=O)[C@H]1CCC[C@H](C)N1C)C(C)(C)C. The van der Waals surface area contributed by atoms with E-state index in [-0.39, 0.29) is 35.8 Å².